The van der Waals surface area contributed by atoms with Gasteiger partial charge in [0.1, 0.15) is 5.82 Å². The van der Waals surface area contributed by atoms with E-state index in [0.717, 1.165) is 20.9 Å². The van der Waals surface area contributed by atoms with Crippen LogP contribution in [0.4, 0.5) is 4.39 Å². The van der Waals surface area contributed by atoms with Crippen molar-refractivity contribution >= 4 is 17.5 Å². The van der Waals surface area contributed by atoms with Gasteiger partial charge < -0.3 is 5.32 Å². The van der Waals surface area contributed by atoms with Crippen molar-refractivity contribution in [3.05, 3.63) is 127 Å². The number of rotatable bonds is 6. The summed E-state index contributed by atoms with van der Waals surface area (Å²) in [7, 11) is 0. The fourth-order valence-corrected chi connectivity index (χ4v) is 3.69. The molecule has 172 valence electrons. The Kier molecular flexibility index (Phi) is 6.70. The zero-order valence-corrected chi connectivity index (χ0v) is 18.9. The van der Waals surface area contributed by atoms with E-state index in [9.17, 15) is 18.8 Å². The Bertz CT molecular complexity index is 1470. The number of carbonyl (C=O) groups is 1. The first kappa shape index (κ1) is 23.1. The maximum Gasteiger partial charge on any atom is 0.352 e. The molecule has 1 amide bonds. The van der Waals surface area contributed by atoms with Crippen LogP contribution < -0.4 is 16.6 Å². The number of benzene rings is 3. The summed E-state index contributed by atoms with van der Waals surface area (Å²) in [5, 5.41) is 7.18. The summed E-state index contributed by atoms with van der Waals surface area (Å²) in [6, 6.07) is 20.6. The molecule has 0 aliphatic carbocycles. The van der Waals surface area contributed by atoms with E-state index in [-0.39, 0.29) is 12.2 Å². The number of aromatic nitrogens is 3. The van der Waals surface area contributed by atoms with Crippen LogP contribution >= 0.6 is 11.6 Å². The minimum atomic E-state index is -0.865. The normalized spacial score (nSPS) is 11.7. The van der Waals surface area contributed by atoms with Gasteiger partial charge in [0.25, 0.3) is 11.5 Å². The highest BCUT2D eigenvalue weighted by atomic mass is 35.5. The monoisotopic (exact) mass is 478 g/mol. The average Bonchev–Trinajstić information content (AvgIpc) is 2.82. The molecule has 9 heteroatoms. The second kappa shape index (κ2) is 9.84. The summed E-state index contributed by atoms with van der Waals surface area (Å²) < 4.78 is 15.6. The molecule has 0 saturated carbocycles. The molecule has 0 fully saturated rings. The zero-order chi connectivity index (χ0) is 24.2. The standard InChI is InChI=1S/C25H20ClFN4O3/c1-16(18-8-3-2-4-9-18)28-23(32)22-24(33)30(15-17-7-5-10-19(26)13-17)25(34)31(29-22)21-12-6-11-20(27)14-21/h2-14,16H,15H2,1H3,(H,28,32)/t16-/m1/s1. The highest BCUT2D eigenvalue weighted by Crippen LogP contribution is 2.13. The lowest BCUT2D eigenvalue weighted by Crippen LogP contribution is -2.46. The van der Waals surface area contributed by atoms with Crippen LogP contribution in [0.15, 0.2) is 88.5 Å². The lowest BCUT2D eigenvalue weighted by atomic mass is 10.1. The van der Waals surface area contributed by atoms with Gasteiger partial charge in [0.05, 0.1) is 18.3 Å². The van der Waals surface area contributed by atoms with Gasteiger partial charge in [-0.15, -0.1) is 0 Å². The van der Waals surface area contributed by atoms with Crippen molar-refractivity contribution in [3.63, 3.8) is 0 Å². The van der Waals surface area contributed by atoms with E-state index in [2.05, 4.69) is 10.4 Å². The van der Waals surface area contributed by atoms with Crippen LogP contribution in [0.25, 0.3) is 5.69 Å². The zero-order valence-electron chi connectivity index (χ0n) is 18.1. The first-order valence-corrected chi connectivity index (χ1v) is 10.8. The van der Waals surface area contributed by atoms with Crippen molar-refractivity contribution in [2.75, 3.05) is 0 Å². The Morgan fingerprint density at radius 3 is 2.47 bits per heavy atom. The Labute approximate surface area is 199 Å². The topological polar surface area (TPSA) is 86.0 Å². The van der Waals surface area contributed by atoms with E-state index >= 15 is 0 Å². The van der Waals surface area contributed by atoms with E-state index < -0.39 is 34.7 Å². The first-order valence-electron chi connectivity index (χ1n) is 10.4. The molecule has 4 aromatic rings. The van der Waals surface area contributed by atoms with Crippen LogP contribution in [0, 0.1) is 5.82 Å². The van der Waals surface area contributed by atoms with Crippen LogP contribution in [0.3, 0.4) is 0 Å². The van der Waals surface area contributed by atoms with Crippen LogP contribution in [-0.2, 0) is 6.54 Å². The Hall–Kier alpha value is -4.04. The first-order chi connectivity index (χ1) is 16.3. The van der Waals surface area contributed by atoms with Crippen molar-refractivity contribution < 1.29 is 9.18 Å². The molecule has 34 heavy (non-hydrogen) atoms. The molecule has 0 aliphatic heterocycles. The minimum Gasteiger partial charge on any atom is -0.344 e. The molecule has 0 saturated heterocycles. The minimum absolute atomic E-state index is 0.0787. The molecule has 0 aliphatic rings. The second-order valence-corrected chi connectivity index (χ2v) is 8.09. The van der Waals surface area contributed by atoms with Gasteiger partial charge in [-0.3, -0.25) is 14.2 Å². The second-order valence-electron chi connectivity index (χ2n) is 7.65. The molecule has 4 rings (SSSR count). The molecular formula is C25H20ClFN4O3. The van der Waals surface area contributed by atoms with Crippen molar-refractivity contribution in [2.24, 2.45) is 0 Å². The van der Waals surface area contributed by atoms with Gasteiger partial charge in [0.15, 0.2) is 0 Å². The quantitative estimate of drug-likeness (QED) is 0.457. The molecule has 1 heterocycles. The summed E-state index contributed by atoms with van der Waals surface area (Å²) in [6.45, 7) is 1.62. The summed E-state index contributed by atoms with van der Waals surface area (Å²) in [5.74, 6) is -1.35. The molecule has 3 aromatic carbocycles. The number of hydrogen-bond donors (Lipinski definition) is 1. The highest BCUT2D eigenvalue weighted by Gasteiger charge is 2.22. The van der Waals surface area contributed by atoms with E-state index in [1.807, 2.05) is 30.3 Å². The Balaban J connectivity index is 1.82. The van der Waals surface area contributed by atoms with E-state index in [1.54, 1.807) is 31.2 Å². The number of nitrogens with one attached hydrogen (secondary N) is 1. The fourth-order valence-electron chi connectivity index (χ4n) is 3.48. The maximum atomic E-state index is 13.9. The molecule has 7 nitrogen and oxygen atoms in total. The third-order valence-corrected chi connectivity index (χ3v) is 5.44. The van der Waals surface area contributed by atoms with Crippen LogP contribution in [-0.4, -0.2) is 20.3 Å². The lowest BCUT2D eigenvalue weighted by molar-refractivity contribution is 0.0930. The third kappa shape index (κ3) is 4.97. The maximum absolute atomic E-state index is 13.9. The molecule has 1 atom stereocenters. The van der Waals surface area contributed by atoms with Crippen molar-refractivity contribution in [1.29, 1.82) is 0 Å². The van der Waals surface area contributed by atoms with Crippen LogP contribution in [0.2, 0.25) is 5.02 Å². The number of hydrogen-bond acceptors (Lipinski definition) is 4. The predicted octanol–water partition coefficient (Wildman–Crippen LogP) is 3.73. The van der Waals surface area contributed by atoms with E-state index in [0.29, 0.717) is 10.6 Å². The van der Waals surface area contributed by atoms with Crippen molar-refractivity contribution in [3.8, 4) is 5.69 Å². The van der Waals surface area contributed by atoms with Gasteiger partial charge >= 0.3 is 5.69 Å². The molecule has 0 radical (unpaired) electrons. The van der Waals surface area contributed by atoms with Crippen molar-refractivity contribution in [1.82, 2.24) is 19.7 Å². The molecule has 0 spiro atoms. The number of carbonyl (C=O) groups excluding carboxylic acids is 1. The number of amides is 1. The van der Waals surface area contributed by atoms with Gasteiger partial charge in [-0.25, -0.2) is 9.18 Å². The van der Waals surface area contributed by atoms with E-state index in [1.165, 1.54) is 18.2 Å². The molecule has 0 bridgehead atoms. The molecule has 0 unspecified atom stereocenters. The van der Waals surface area contributed by atoms with Crippen LogP contribution in [0.5, 0.6) is 0 Å². The summed E-state index contributed by atoms with van der Waals surface area (Å²) >= 11 is 6.04. The van der Waals surface area contributed by atoms with Crippen molar-refractivity contribution in [2.45, 2.75) is 19.5 Å². The van der Waals surface area contributed by atoms with Gasteiger partial charge in [-0.05, 0) is 48.4 Å². The lowest BCUT2D eigenvalue weighted by Gasteiger charge is -2.16. The molecule has 1 aromatic heterocycles. The summed E-state index contributed by atoms with van der Waals surface area (Å²) in [5.41, 5.74) is -0.691. The van der Waals surface area contributed by atoms with Gasteiger partial charge in [0.2, 0.25) is 5.69 Å². The molecule has 1 N–H and O–H groups in total. The Morgan fingerprint density at radius 1 is 1.03 bits per heavy atom. The van der Waals surface area contributed by atoms with Crippen LogP contribution in [0.1, 0.15) is 34.6 Å². The largest absolute Gasteiger partial charge is 0.352 e. The SMILES string of the molecule is C[C@@H](NC(=O)c1nn(-c2cccc(F)c2)c(=O)n(Cc2cccc(Cl)c2)c1=O)c1ccccc1. The van der Waals surface area contributed by atoms with Gasteiger partial charge in [-0.2, -0.15) is 9.78 Å². The summed E-state index contributed by atoms with van der Waals surface area (Å²) in [6.07, 6.45) is 0. The smallest absolute Gasteiger partial charge is 0.344 e. The molecular weight excluding hydrogens is 459 g/mol. The van der Waals surface area contributed by atoms with Gasteiger partial charge in [0, 0.05) is 5.02 Å². The Morgan fingerprint density at radius 2 is 1.76 bits per heavy atom. The third-order valence-electron chi connectivity index (χ3n) is 5.20. The average molecular weight is 479 g/mol. The van der Waals surface area contributed by atoms with E-state index in [4.69, 9.17) is 11.6 Å². The van der Waals surface area contributed by atoms with Gasteiger partial charge in [-0.1, -0.05) is 60.1 Å². The predicted molar refractivity (Wildman–Crippen MR) is 127 cm³/mol. The fraction of sp³-hybridized carbons (Fsp3) is 0.120. The number of halogens is 2. The number of nitrogens with zero attached hydrogens (tertiary/aromatic N) is 3. The highest BCUT2D eigenvalue weighted by molar-refractivity contribution is 6.30. The summed E-state index contributed by atoms with van der Waals surface area (Å²) in [4.78, 5) is 39.5.